The first-order chi connectivity index (χ1) is 8.70. The summed E-state index contributed by atoms with van der Waals surface area (Å²) in [7, 11) is 1.62. The highest BCUT2D eigenvalue weighted by molar-refractivity contribution is 5.28. The molecule has 0 aliphatic rings. The standard InChI is InChI=1S/C14H16N2O2/c1-18-12-7-5-11(6-8-12)13(15)10-16-9-3-2-4-14(16)17/h2-9,13H,10,15H2,1H3. The second-order valence-electron chi connectivity index (χ2n) is 4.07. The van der Waals surface area contributed by atoms with E-state index in [1.807, 2.05) is 30.3 Å². The summed E-state index contributed by atoms with van der Waals surface area (Å²) in [6.07, 6.45) is 1.74. The van der Waals surface area contributed by atoms with Gasteiger partial charge in [-0.25, -0.2) is 0 Å². The van der Waals surface area contributed by atoms with E-state index in [9.17, 15) is 4.79 Å². The van der Waals surface area contributed by atoms with Gasteiger partial charge in [-0.2, -0.15) is 0 Å². The highest BCUT2D eigenvalue weighted by Gasteiger charge is 2.07. The molecule has 0 aliphatic carbocycles. The van der Waals surface area contributed by atoms with E-state index < -0.39 is 0 Å². The fourth-order valence-electron chi connectivity index (χ4n) is 1.78. The van der Waals surface area contributed by atoms with E-state index in [2.05, 4.69) is 0 Å². The monoisotopic (exact) mass is 244 g/mol. The van der Waals surface area contributed by atoms with Crippen LogP contribution < -0.4 is 16.0 Å². The van der Waals surface area contributed by atoms with Crippen molar-refractivity contribution >= 4 is 0 Å². The zero-order valence-electron chi connectivity index (χ0n) is 10.2. The molecule has 2 N–H and O–H groups in total. The Morgan fingerprint density at radius 2 is 1.94 bits per heavy atom. The molecule has 0 bridgehead atoms. The second-order valence-corrected chi connectivity index (χ2v) is 4.07. The number of aromatic nitrogens is 1. The minimum atomic E-state index is -0.212. The topological polar surface area (TPSA) is 57.2 Å². The van der Waals surface area contributed by atoms with E-state index in [-0.39, 0.29) is 11.6 Å². The van der Waals surface area contributed by atoms with Gasteiger partial charge in [-0.15, -0.1) is 0 Å². The van der Waals surface area contributed by atoms with Crippen LogP contribution in [0.15, 0.2) is 53.5 Å². The Morgan fingerprint density at radius 1 is 1.22 bits per heavy atom. The van der Waals surface area contributed by atoms with Crippen molar-refractivity contribution < 1.29 is 4.74 Å². The molecule has 4 heteroatoms. The third-order valence-electron chi connectivity index (χ3n) is 2.84. The number of ether oxygens (including phenoxy) is 1. The van der Waals surface area contributed by atoms with Crippen LogP contribution in [-0.2, 0) is 6.54 Å². The molecule has 2 aromatic rings. The van der Waals surface area contributed by atoms with Crippen LogP contribution in [0.2, 0.25) is 0 Å². The van der Waals surface area contributed by atoms with Crippen molar-refractivity contribution in [2.24, 2.45) is 5.73 Å². The highest BCUT2D eigenvalue weighted by Crippen LogP contribution is 2.16. The molecule has 0 saturated heterocycles. The normalized spacial score (nSPS) is 12.1. The molecule has 1 heterocycles. The summed E-state index contributed by atoms with van der Waals surface area (Å²) >= 11 is 0. The van der Waals surface area contributed by atoms with Crippen molar-refractivity contribution in [3.8, 4) is 5.75 Å². The smallest absolute Gasteiger partial charge is 0.250 e. The Kier molecular flexibility index (Phi) is 3.79. The first kappa shape index (κ1) is 12.4. The lowest BCUT2D eigenvalue weighted by Gasteiger charge is -2.14. The Balaban J connectivity index is 2.14. The first-order valence-corrected chi connectivity index (χ1v) is 5.75. The largest absolute Gasteiger partial charge is 0.497 e. The Hall–Kier alpha value is -2.07. The zero-order chi connectivity index (χ0) is 13.0. The predicted molar refractivity (Wildman–Crippen MR) is 70.6 cm³/mol. The van der Waals surface area contributed by atoms with Crippen LogP contribution in [0.5, 0.6) is 5.75 Å². The van der Waals surface area contributed by atoms with Crippen LogP contribution in [0.1, 0.15) is 11.6 Å². The number of nitrogens with two attached hydrogens (primary N) is 1. The molecule has 1 atom stereocenters. The number of benzene rings is 1. The van der Waals surface area contributed by atoms with Gasteiger partial charge >= 0.3 is 0 Å². The van der Waals surface area contributed by atoms with Crippen molar-refractivity contribution in [1.29, 1.82) is 0 Å². The van der Waals surface area contributed by atoms with Gasteiger partial charge in [0.2, 0.25) is 0 Å². The molecular weight excluding hydrogens is 228 g/mol. The van der Waals surface area contributed by atoms with Gasteiger partial charge in [-0.3, -0.25) is 4.79 Å². The molecule has 0 spiro atoms. The van der Waals surface area contributed by atoms with Crippen LogP contribution in [0.3, 0.4) is 0 Å². The van der Waals surface area contributed by atoms with Gasteiger partial charge in [0.05, 0.1) is 7.11 Å². The average Bonchev–Trinajstić information content (AvgIpc) is 2.41. The van der Waals surface area contributed by atoms with Crippen LogP contribution in [0, 0.1) is 0 Å². The quantitative estimate of drug-likeness (QED) is 0.888. The van der Waals surface area contributed by atoms with Crippen molar-refractivity contribution in [3.63, 3.8) is 0 Å². The minimum absolute atomic E-state index is 0.0403. The van der Waals surface area contributed by atoms with Crippen LogP contribution in [0.25, 0.3) is 0 Å². The molecule has 1 aromatic heterocycles. The van der Waals surface area contributed by atoms with Gasteiger partial charge in [0.1, 0.15) is 5.75 Å². The van der Waals surface area contributed by atoms with E-state index in [4.69, 9.17) is 10.5 Å². The summed E-state index contributed by atoms with van der Waals surface area (Å²) in [4.78, 5) is 11.6. The minimum Gasteiger partial charge on any atom is -0.497 e. The molecule has 4 nitrogen and oxygen atoms in total. The molecular formula is C14H16N2O2. The lowest BCUT2D eigenvalue weighted by Crippen LogP contribution is -2.25. The predicted octanol–water partition coefficient (Wildman–Crippen LogP) is 1.56. The first-order valence-electron chi connectivity index (χ1n) is 5.75. The van der Waals surface area contributed by atoms with Crippen LogP contribution in [-0.4, -0.2) is 11.7 Å². The average molecular weight is 244 g/mol. The fraction of sp³-hybridized carbons (Fsp3) is 0.214. The van der Waals surface area contributed by atoms with Gasteiger partial charge in [0.15, 0.2) is 0 Å². The second kappa shape index (κ2) is 5.51. The highest BCUT2D eigenvalue weighted by atomic mass is 16.5. The molecule has 0 radical (unpaired) electrons. The molecule has 1 unspecified atom stereocenters. The Labute approximate surface area is 106 Å². The van der Waals surface area contributed by atoms with E-state index in [0.29, 0.717) is 6.54 Å². The maximum absolute atomic E-state index is 11.6. The van der Waals surface area contributed by atoms with Gasteiger partial charge in [-0.1, -0.05) is 18.2 Å². The summed E-state index contributed by atoms with van der Waals surface area (Å²) in [5, 5.41) is 0. The van der Waals surface area contributed by atoms with Crippen molar-refractivity contribution in [1.82, 2.24) is 4.57 Å². The van der Waals surface area contributed by atoms with Gasteiger partial charge in [0.25, 0.3) is 5.56 Å². The molecule has 18 heavy (non-hydrogen) atoms. The summed E-state index contributed by atoms with van der Waals surface area (Å²) < 4.78 is 6.70. The number of rotatable bonds is 4. The van der Waals surface area contributed by atoms with Crippen LogP contribution >= 0.6 is 0 Å². The number of hydrogen-bond donors (Lipinski definition) is 1. The Morgan fingerprint density at radius 3 is 2.56 bits per heavy atom. The van der Waals surface area contributed by atoms with Crippen LogP contribution in [0.4, 0.5) is 0 Å². The van der Waals surface area contributed by atoms with Gasteiger partial charge < -0.3 is 15.0 Å². The van der Waals surface area contributed by atoms with Crippen molar-refractivity contribution in [2.45, 2.75) is 12.6 Å². The summed E-state index contributed by atoms with van der Waals surface area (Å²) in [5.74, 6) is 0.794. The molecule has 1 aromatic carbocycles. The molecule has 2 rings (SSSR count). The van der Waals surface area contributed by atoms with E-state index >= 15 is 0 Å². The summed E-state index contributed by atoms with van der Waals surface area (Å²) in [6, 6.07) is 12.4. The third kappa shape index (κ3) is 2.78. The molecule has 0 aliphatic heterocycles. The lowest BCUT2D eigenvalue weighted by molar-refractivity contribution is 0.414. The summed E-state index contributed by atoms with van der Waals surface area (Å²) in [5.41, 5.74) is 7.02. The number of methoxy groups -OCH3 is 1. The van der Waals surface area contributed by atoms with Crippen molar-refractivity contribution in [3.05, 3.63) is 64.6 Å². The SMILES string of the molecule is COc1ccc(C(N)Cn2ccccc2=O)cc1. The summed E-state index contributed by atoms with van der Waals surface area (Å²) in [6.45, 7) is 0.464. The maximum atomic E-state index is 11.6. The van der Waals surface area contributed by atoms with Crippen molar-refractivity contribution in [2.75, 3.05) is 7.11 Å². The third-order valence-corrected chi connectivity index (χ3v) is 2.84. The van der Waals surface area contributed by atoms with Gasteiger partial charge in [0, 0.05) is 24.8 Å². The van der Waals surface area contributed by atoms with E-state index in [1.54, 1.807) is 23.9 Å². The molecule has 94 valence electrons. The molecule has 0 fully saturated rings. The molecule has 0 amide bonds. The fourth-order valence-corrected chi connectivity index (χ4v) is 1.78. The van der Waals surface area contributed by atoms with E-state index in [1.165, 1.54) is 6.07 Å². The molecule has 0 saturated carbocycles. The number of hydrogen-bond acceptors (Lipinski definition) is 3. The van der Waals surface area contributed by atoms with Gasteiger partial charge in [-0.05, 0) is 23.8 Å². The zero-order valence-corrected chi connectivity index (χ0v) is 10.2. The van der Waals surface area contributed by atoms with E-state index in [0.717, 1.165) is 11.3 Å². The maximum Gasteiger partial charge on any atom is 0.250 e. The lowest BCUT2D eigenvalue weighted by atomic mass is 10.1. The number of pyridine rings is 1. The number of nitrogens with zero attached hydrogens (tertiary/aromatic N) is 1. The Bertz CT molecular complexity index is 561.